The zero-order chi connectivity index (χ0) is 28.4. The van der Waals surface area contributed by atoms with E-state index in [1.54, 1.807) is 0 Å². The molecule has 0 bridgehead atoms. The minimum Gasteiger partial charge on any atom is -0.383 e. The molecule has 1 heterocycles. The predicted octanol–water partition coefficient (Wildman–Crippen LogP) is 4.12. The molecule has 1 aromatic heterocycles. The van der Waals surface area contributed by atoms with Gasteiger partial charge in [-0.2, -0.15) is 13.2 Å². The van der Waals surface area contributed by atoms with E-state index in [-0.39, 0.29) is 24.5 Å². The molecule has 3 N–H and O–H groups in total. The monoisotopic (exact) mass is 552 g/mol. The number of rotatable bonds is 12. The maximum Gasteiger partial charge on any atom is 0.405 e. The molecule has 4 rings (SSSR count). The first-order valence-corrected chi connectivity index (χ1v) is 12.4. The Morgan fingerprint density at radius 1 is 0.800 bits per heavy atom. The van der Waals surface area contributed by atoms with E-state index < -0.39 is 24.5 Å². The number of amides is 2. The number of ether oxygens (including phenoxy) is 1. The van der Waals surface area contributed by atoms with Gasteiger partial charge < -0.3 is 20.7 Å². The summed E-state index contributed by atoms with van der Waals surface area (Å²) in [5.41, 5.74) is 2.79. The average molecular weight is 553 g/mol. The topological polar surface area (TPSA) is 110 Å². The molecule has 0 atom stereocenters. The highest BCUT2D eigenvalue weighted by atomic mass is 19.4. The molecular formula is C28H27F3N6O3. The quantitative estimate of drug-likeness (QED) is 0.228. The summed E-state index contributed by atoms with van der Waals surface area (Å²) in [5.74, 6) is -1.30. The Hall–Kier alpha value is -4.71. The number of alkyl halides is 3. The first-order chi connectivity index (χ1) is 19.3. The minimum atomic E-state index is -4.51. The van der Waals surface area contributed by atoms with Gasteiger partial charge in [0.1, 0.15) is 12.2 Å². The Bertz CT molecular complexity index is 1390. The highest BCUT2D eigenvalue weighted by Gasteiger charge is 2.28. The van der Waals surface area contributed by atoms with Crippen LogP contribution < -0.4 is 16.0 Å². The molecule has 9 nitrogen and oxygen atoms in total. The van der Waals surface area contributed by atoms with Crippen LogP contribution in [0.15, 0.2) is 84.9 Å². The lowest BCUT2D eigenvalue weighted by Gasteiger charge is -2.11. The number of aromatic nitrogens is 3. The molecule has 0 aliphatic carbocycles. The highest BCUT2D eigenvalue weighted by Crippen LogP contribution is 2.17. The summed E-state index contributed by atoms with van der Waals surface area (Å²) in [6, 6.07) is 24.8. The molecular weight excluding hydrogens is 525 g/mol. The maximum atomic E-state index is 13.0. The van der Waals surface area contributed by atoms with Gasteiger partial charge in [-0.05, 0) is 42.0 Å². The van der Waals surface area contributed by atoms with E-state index in [0.29, 0.717) is 24.5 Å². The Balaban J connectivity index is 1.46. The Morgan fingerprint density at radius 2 is 1.48 bits per heavy atom. The molecule has 4 aromatic rings. The highest BCUT2D eigenvalue weighted by molar-refractivity contribution is 5.94. The molecule has 0 fully saturated rings. The number of hydrogen-bond acceptors (Lipinski definition) is 6. The molecule has 0 spiro atoms. The van der Waals surface area contributed by atoms with Gasteiger partial charge in [0.2, 0.25) is 0 Å². The lowest BCUT2D eigenvalue weighted by molar-refractivity contribution is -0.123. The van der Waals surface area contributed by atoms with Gasteiger partial charge in [0, 0.05) is 24.3 Å². The molecule has 0 saturated carbocycles. The van der Waals surface area contributed by atoms with Gasteiger partial charge in [-0.25, -0.2) is 4.68 Å². The first-order valence-electron chi connectivity index (χ1n) is 12.4. The second kappa shape index (κ2) is 13.4. The van der Waals surface area contributed by atoms with Crippen molar-refractivity contribution in [3.63, 3.8) is 0 Å². The van der Waals surface area contributed by atoms with Crippen LogP contribution in [0.4, 0.5) is 18.9 Å². The van der Waals surface area contributed by atoms with Gasteiger partial charge in [-0.15, -0.1) is 5.10 Å². The number of benzene rings is 3. The van der Waals surface area contributed by atoms with Crippen LogP contribution in [0, 0.1) is 0 Å². The summed E-state index contributed by atoms with van der Waals surface area (Å²) >= 11 is 0. The number of halogens is 3. The summed E-state index contributed by atoms with van der Waals surface area (Å²) in [6.07, 6.45) is -4.51. The Morgan fingerprint density at radius 3 is 2.15 bits per heavy atom. The van der Waals surface area contributed by atoms with Crippen molar-refractivity contribution >= 4 is 17.5 Å². The first kappa shape index (κ1) is 28.3. The standard InChI is InChI=1S/C28H27F3N6O3/c29-28(30,31)19-34-26(38)21-11-13-23(14-12-21)37-24(18-40-17-20-7-3-1-4-8-20)25(35-36-37)27(39)33-16-15-32-22-9-5-2-6-10-22/h1-14,32H,15-19H2,(H,33,39)(H,34,38). The number of carbonyl (C=O) groups is 2. The number of anilines is 1. The number of hydrogen-bond donors (Lipinski definition) is 3. The fourth-order valence-electron chi connectivity index (χ4n) is 3.71. The van der Waals surface area contributed by atoms with Gasteiger partial charge >= 0.3 is 6.18 Å². The molecule has 0 aliphatic heterocycles. The average Bonchev–Trinajstić information content (AvgIpc) is 3.38. The van der Waals surface area contributed by atoms with Crippen molar-refractivity contribution in [2.24, 2.45) is 0 Å². The summed E-state index contributed by atoms with van der Waals surface area (Å²) in [7, 11) is 0. The van der Waals surface area contributed by atoms with E-state index in [2.05, 4.69) is 20.9 Å². The molecule has 0 radical (unpaired) electrons. The summed E-state index contributed by atoms with van der Waals surface area (Å²) < 4.78 is 44.6. The van der Waals surface area contributed by atoms with E-state index >= 15 is 0 Å². The van der Waals surface area contributed by atoms with Crippen LogP contribution in [0.5, 0.6) is 0 Å². The Labute approximate surface area is 228 Å². The summed E-state index contributed by atoms with van der Waals surface area (Å²) in [4.78, 5) is 25.1. The van der Waals surface area contributed by atoms with Crippen LogP contribution in [0.2, 0.25) is 0 Å². The number of nitrogens with one attached hydrogen (secondary N) is 3. The molecule has 40 heavy (non-hydrogen) atoms. The van der Waals surface area contributed by atoms with Gasteiger partial charge in [-0.1, -0.05) is 53.7 Å². The van der Waals surface area contributed by atoms with Crippen LogP contribution in [-0.2, 0) is 18.0 Å². The predicted molar refractivity (Wildman–Crippen MR) is 142 cm³/mol. The third kappa shape index (κ3) is 8.14. The molecule has 0 aliphatic rings. The Kier molecular flexibility index (Phi) is 9.47. The van der Waals surface area contributed by atoms with Gasteiger partial charge in [0.25, 0.3) is 11.8 Å². The van der Waals surface area contributed by atoms with Crippen molar-refractivity contribution in [2.75, 3.05) is 25.0 Å². The van der Waals surface area contributed by atoms with Crippen molar-refractivity contribution in [3.8, 4) is 5.69 Å². The van der Waals surface area contributed by atoms with Crippen LogP contribution >= 0.6 is 0 Å². The van der Waals surface area contributed by atoms with Crippen molar-refractivity contribution in [1.29, 1.82) is 0 Å². The zero-order valence-corrected chi connectivity index (χ0v) is 21.3. The van der Waals surface area contributed by atoms with Gasteiger partial charge in [-0.3, -0.25) is 9.59 Å². The van der Waals surface area contributed by atoms with E-state index in [1.165, 1.54) is 28.9 Å². The van der Waals surface area contributed by atoms with Crippen molar-refractivity contribution < 1.29 is 27.5 Å². The second-order valence-corrected chi connectivity index (χ2v) is 8.67. The number of carbonyl (C=O) groups excluding carboxylic acids is 2. The fraction of sp³-hybridized carbons (Fsp3) is 0.214. The number of para-hydroxylation sites is 1. The number of nitrogens with zero attached hydrogens (tertiary/aromatic N) is 3. The van der Waals surface area contributed by atoms with Crippen molar-refractivity contribution in [2.45, 2.75) is 19.4 Å². The smallest absolute Gasteiger partial charge is 0.383 e. The second-order valence-electron chi connectivity index (χ2n) is 8.67. The zero-order valence-electron chi connectivity index (χ0n) is 21.3. The molecule has 2 amide bonds. The van der Waals surface area contributed by atoms with E-state index in [9.17, 15) is 22.8 Å². The largest absolute Gasteiger partial charge is 0.405 e. The van der Waals surface area contributed by atoms with Crippen LogP contribution in [0.25, 0.3) is 5.69 Å². The van der Waals surface area contributed by atoms with Crippen LogP contribution in [-0.4, -0.2) is 52.6 Å². The third-order valence-electron chi connectivity index (χ3n) is 5.67. The lowest BCUT2D eigenvalue weighted by atomic mass is 10.2. The molecule has 208 valence electrons. The van der Waals surface area contributed by atoms with Crippen molar-refractivity contribution in [1.82, 2.24) is 25.6 Å². The van der Waals surface area contributed by atoms with E-state index in [4.69, 9.17) is 4.74 Å². The summed E-state index contributed by atoms with van der Waals surface area (Å²) in [5, 5.41) is 16.0. The molecule has 12 heteroatoms. The minimum absolute atomic E-state index is 0.000727. The van der Waals surface area contributed by atoms with Crippen LogP contribution in [0.1, 0.15) is 32.1 Å². The molecule has 0 saturated heterocycles. The van der Waals surface area contributed by atoms with E-state index in [1.807, 2.05) is 66.0 Å². The lowest BCUT2D eigenvalue weighted by Crippen LogP contribution is -2.33. The SMILES string of the molecule is O=C(NCC(F)(F)F)c1ccc(-n2nnc(C(=O)NCCNc3ccccc3)c2COCc2ccccc2)cc1. The molecule has 0 unspecified atom stereocenters. The molecule has 3 aromatic carbocycles. The van der Waals surface area contributed by atoms with E-state index in [0.717, 1.165) is 11.3 Å². The van der Waals surface area contributed by atoms with Crippen LogP contribution in [0.3, 0.4) is 0 Å². The van der Waals surface area contributed by atoms with Crippen molar-refractivity contribution in [3.05, 3.63) is 107 Å². The van der Waals surface area contributed by atoms with Gasteiger partial charge in [0.15, 0.2) is 5.69 Å². The normalized spacial score (nSPS) is 11.2. The fourth-order valence-corrected chi connectivity index (χ4v) is 3.71. The summed E-state index contributed by atoms with van der Waals surface area (Å²) in [6.45, 7) is -0.333. The van der Waals surface area contributed by atoms with Gasteiger partial charge in [0.05, 0.1) is 18.9 Å². The third-order valence-corrected chi connectivity index (χ3v) is 5.67. The maximum absolute atomic E-state index is 13.0.